The smallest absolute Gasteiger partial charge is 0.246 e. The van der Waals surface area contributed by atoms with Crippen molar-refractivity contribution in [2.45, 2.75) is 44.2 Å². The molecule has 0 saturated heterocycles. The zero-order chi connectivity index (χ0) is 14.7. The van der Waals surface area contributed by atoms with Crippen LogP contribution in [0.4, 0.5) is 5.82 Å². The standard InChI is InChI=1S/C11H22N4O3S/c1-5-6-15-7-9(10(12)13-15)19(16,17)14-11(2,3)8-18-4/h7,14H,5-6,8H2,1-4H3,(H2,12,13). The summed E-state index contributed by atoms with van der Waals surface area (Å²) in [5.74, 6) is 0.00849. The van der Waals surface area contributed by atoms with Gasteiger partial charge in [-0.1, -0.05) is 6.92 Å². The highest BCUT2D eigenvalue weighted by Gasteiger charge is 2.29. The molecule has 8 heteroatoms. The van der Waals surface area contributed by atoms with E-state index in [1.165, 1.54) is 18.0 Å². The molecule has 0 spiro atoms. The van der Waals surface area contributed by atoms with Crippen LogP contribution in [0, 0.1) is 0 Å². The fraction of sp³-hybridized carbons (Fsp3) is 0.727. The molecule has 0 aliphatic rings. The molecule has 0 saturated carbocycles. The molecule has 1 rings (SSSR count). The second-order valence-electron chi connectivity index (χ2n) is 5.06. The monoisotopic (exact) mass is 290 g/mol. The molecule has 0 aliphatic carbocycles. The summed E-state index contributed by atoms with van der Waals surface area (Å²) in [5.41, 5.74) is 4.95. The summed E-state index contributed by atoms with van der Waals surface area (Å²) in [4.78, 5) is 0.00475. The van der Waals surface area contributed by atoms with Crippen LogP contribution >= 0.6 is 0 Å². The van der Waals surface area contributed by atoms with Crippen molar-refractivity contribution in [3.63, 3.8) is 0 Å². The first kappa shape index (κ1) is 15.9. The number of sulfonamides is 1. The van der Waals surface area contributed by atoms with Crippen LogP contribution in [0.3, 0.4) is 0 Å². The Labute approximate surface area is 114 Å². The van der Waals surface area contributed by atoms with Gasteiger partial charge in [-0.15, -0.1) is 0 Å². The summed E-state index contributed by atoms with van der Waals surface area (Å²) in [6, 6.07) is 0. The van der Waals surface area contributed by atoms with Crippen molar-refractivity contribution in [1.82, 2.24) is 14.5 Å². The van der Waals surface area contributed by atoms with Crippen LogP contribution in [-0.4, -0.2) is 37.5 Å². The summed E-state index contributed by atoms with van der Waals surface area (Å²) >= 11 is 0. The predicted octanol–water partition coefficient (Wildman–Crippen LogP) is 0.579. The number of ether oxygens (including phenoxy) is 1. The van der Waals surface area contributed by atoms with Gasteiger partial charge in [0.15, 0.2) is 5.82 Å². The summed E-state index contributed by atoms with van der Waals surface area (Å²) < 4.78 is 33.6. The van der Waals surface area contributed by atoms with Gasteiger partial charge in [0.1, 0.15) is 4.90 Å². The van der Waals surface area contributed by atoms with E-state index in [2.05, 4.69) is 9.82 Å². The fourth-order valence-corrected chi connectivity index (χ4v) is 3.25. The largest absolute Gasteiger partial charge is 0.383 e. The first-order valence-corrected chi connectivity index (χ1v) is 7.56. The lowest BCUT2D eigenvalue weighted by Crippen LogP contribution is -2.46. The Balaban J connectivity index is 3.00. The van der Waals surface area contributed by atoms with Crippen molar-refractivity contribution >= 4 is 15.8 Å². The van der Waals surface area contributed by atoms with Crippen molar-refractivity contribution < 1.29 is 13.2 Å². The van der Waals surface area contributed by atoms with Crippen molar-refractivity contribution in [2.24, 2.45) is 0 Å². The molecule has 7 nitrogen and oxygen atoms in total. The number of nitrogens with one attached hydrogen (secondary N) is 1. The number of hydrogen-bond acceptors (Lipinski definition) is 5. The minimum Gasteiger partial charge on any atom is -0.383 e. The summed E-state index contributed by atoms with van der Waals surface area (Å²) in [6.45, 7) is 6.34. The Kier molecular flexibility index (Phi) is 4.94. The van der Waals surface area contributed by atoms with E-state index in [0.29, 0.717) is 6.54 Å². The first-order valence-electron chi connectivity index (χ1n) is 6.07. The van der Waals surface area contributed by atoms with Gasteiger partial charge >= 0.3 is 0 Å². The number of rotatable bonds is 7. The minimum absolute atomic E-state index is 0.00475. The van der Waals surface area contributed by atoms with Crippen LogP contribution in [0.1, 0.15) is 27.2 Å². The molecule has 0 unspecified atom stereocenters. The van der Waals surface area contributed by atoms with E-state index in [9.17, 15) is 8.42 Å². The van der Waals surface area contributed by atoms with Gasteiger partial charge in [-0.25, -0.2) is 13.1 Å². The Morgan fingerprint density at radius 1 is 1.53 bits per heavy atom. The van der Waals surface area contributed by atoms with Crippen LogP contribution < -0.4 is 10.5 Å². The summed E-state index contributed by atoms with van der Waals surface area (Å²) in [5, 5.41) is 3.99. The first-order chi connectivity index (χ1) is 8.72. The summed E-state index contributed by atoms with van der Waals surface area (Å²) in [6.07, 6.45) is 2.30. The maximum absolute atomic E-state index is 12.3. The van der Waals surface area contributed by atoms with Gasteiger partial charge in [-0.05, 0) is 20.3 Å². The lowest BCUT2D eigenvalue weighted by Gasteiger charge is -2.24. The van der Waals surface area contributed by atoms with E-state index in [1.54, 1.807) is 13.8 Å². The van der Waals surface area contributed by atoms with Crippen LogP contribution in [0.2, 0.25) is 0 Å². The molecule has 1 heterocycles. The van der Waals surface area contributed by atoms with Crippen molar-refractivity contribution in [3.05, 3.63) is 6.20 Å². The zero-order valence-electron chi connectivity index (χ0n) is 11.8. The molecule has 0 fully saturated rings. The average Bonchev–Trinajstić information content (AvgIpc) is 2.59. The average molecular weight is 290 g/mol. The van der Waals surface area contributed by atoms with Crippen LogP contribution in [-0.2, 0) is 21.3 Å². The van der Waals surface area contributed by atoms with Crippen molar-refractivity contribution in [2.75, 3.05) is 19.5 Å². The van der Waals surface area contributed by atoms with E-state index in [-0.39, 0.29) is 17.3 Å². The van der Waals surface area contributed by atoms with Gasteiger partial charge in [-0.2, -0.15) is 5.10 Å². The van der Waals surface area contributed by atoms with Crippen LogP contribution in [0.15, 0.2) is 11.1 Å². The predicted molar refractivity (Wildman–Crippen MR) is 73.2 cm³/mol. The van der Waals surface area contributed by atoms with Gasteiger partial charge in [0.25, 0.3) is 0 Å². The lowest BCUT2D eigenvalue weighted by molar-refractivity contribution is 0.141. The molecule has 0 atom stereocenters. The normalized spacial score (nSPS) is 12.8. The molecule has 19 heavy (non-hydrogen) atoms. The van der Waals surface area contributed by atoms with Crippen molar-refractivity contribution in [1.29, 1.82) is 0 Å². The third-order valence-electron chi connectivity index (χ3n) is 2.41. The number of nitrogens with zero attached hydrogens (tertiary/aromatic N) is 2. The molecule has 0 bridgehead atoms. The van der Waals surface area contributed by atoms with E-state index in [1.807, 2.05) is 6.92 Å². The number of nitrogens with two attached hydrogens (primary N) is 1. The molecule has 0 radical (unpaired) electrons. The maximum atomic E-state index is 12.3. The van der Waals surface area contributed by atoms with Crippen LogP contribution in [0.25, 0.3) is 0 Å². The number of aryl methyl sites for hydroxylation is 1. The van der Waals surface area contributed by atoms with E-state index in [0.717, 1.165) is 6.42 Å². The SMILES string of the molecule is CCCn1cc(S(=O)(=O)NC(C)(C)COC)c(N)n1. The van der Waals surface area contributed by atoms with Gasteiger partial charge in [0, 0.05) is 19.9 Å². The Morgan fingerprint density at radius 3 is 2.68 bits per heavy atom. The Hall–Kier alpha value is -1.12. The highest BCUT2D eigenvalue weighted by molar-refractivity contribution is 7.89. The van der Waals surface area contributed by atoms with E-state index in [4.69, 9.17) is 10.5 Å². The van der Waals surface area contributed by atoms with Gasteiger partial charge < -0.3 is 10.5 Å². The second kappa shape index (κ2) is 5.89. The highest BCUT2D eigenvalue weighted by atomic mass is 32.2. The fourth-order valence-electron chi connectivity index (χ4n) is 1.78. The van der Waals surface area contributed by atoms with Crippen LogP contribution in [0.5, 0.6) is 0 Å². The molecular weight excluding hydrogens is 268 g/mol. The Bertz CT molecular complexity index is 522. The minimum atomic E-state index is -3.71. The molecule has 110 valence electrons. The molecule has 3 N–H and O–H groups in total. The third kappa shape index (κ3) is 4.19. The molecule has 1 aromatic rings. The molecule has 0 aromatic carbocycles. The highest BCUT2D eigenvalue weighted by Crippen LogP contribution is 2.18. The number of hydrogen-bond donors (Lipinski definition) is 2. The number of aromatic nitrogens is 2. The maximum Gasteiger partial charge on any atom is 0.246 e. The van der Waals surface area contributed by atoms with E-state index < -0.39 is 15.6 Å². The Morgan fingerprint density at radius 2 is 2.16 bits per heavy atom. The van der Waals surface area contributed by atoms with E-state index >= 15 is 0 Å². The zero-order valence-corrected chi connectivity index (χ0v) is 12.6. The molecule has 0 aliphatic heterocycles. The number of anilines is 1. The molecule has 1 aromatic heterocycles. The summed E-state index contributed by atoms with van der Waals surface area (Å²) in [7, 11) is -2.19. The van der Waals surface area contributed by atoms with Gasteiger partial charge in [0.05, 0.1) is 12.1 Å². The number of nitrogen functional groups attached to an aromatic ring is 1. The lowest BCUT2D eigenvalue weighted by atomic mass is 10.1. The van der Waals surface area contributed by atoms with Gasteiger partial charge in [0.2, 0.25) is 10.0 Å². The number of methoxy groups -OCH3 is 1. The van der Waals surface area contributed by atoms with Gasteiger partial charge in [-0.3, -0.25) is 4.68 Å². The second-order valence-corrected chi connectivity index (χ2v) is 6.71. The molecular formula is C11H22N4O3S. The van der Waals surface area contributed by atoms with Crippen molar-refractivity contribution in [3.8, 4) is 0 Å². The quantitative estimate of drug-likeness (QED) is 0.765. The molecule has 0 amide bonds. The third-order valence-corrected chi connectivity index (χ3v) is 4.13. The topological polar surface area (TPSA) is 99.2 Å².